The number of nitrogens with zero attached hydrogens (tertiary/aromatic N) is 1. The molecule has 2 rings (SSSR count). The van der Waals surface area contributed by atoms with Crippen LogP contribution >= 0.6 is 11.3 Å². The SMILES string of the molecule is CCCOc1ccc(/C=C/C(=O)Nc2nccs2)cc1. The molecule has 0 radical (unpaired) electrons. The van der Waals surface area contributed by atoms with E-state index >= 15 is 0 Å². The fraction of sp³-hybridized carbons (Fsp3) is 0.200. The summed E-state index contributed by atoms with van der Waals surface area (Å²) in [6, 6.07) is 7.62. The van der Waals surface area contributed by atoms with E-state index < -0.39 is 0 Å². The van der Waals surface area contributed by atoms with Gasteiger partial charge in [0.1, 0.15) is 5.75 Å². The van der Waals surface area contributed by atoms with Gasteiger partial charge in [0.05, 0.1) is 6.61 Å². The Labute approximate surface area is 122 Å². The van der Waals surface area contributed by atoms with Crippen molar-refractivity contribution in [3.8, 4) is 5.75 Å². The van der Waals surface area contributed by atoms with Gasteiger partial charge < -0.3 is 4.74 Å². The van der Waals surface area contributed by atoms with Gasteiger partial charge in [-0.1, -0.05) is 19.1 Å². The van der Waals surface area contributed by atoms with Crippen LogP contribution in [0.2, 0.25) is 0 Å². The lowest BCUT2D eigenvalue weighted by molar-refractivity contribution is -0.111. The first-order valence-corrected chi connectivity index (χ1v) is 7.27. The van der Waals surface area contributed by atoms with Gasteiger partial charge in [0.25, 0.3) is 0 Å². The fourth-order valence-electron chi connectivity index (χ4n) is 1.50. The maximum absolute atomic E-state index is 11.6. The molecule has 20 heavy (non-hydrogen) atoms. The molecular weight excluding hydrogens is 272 g/mol. The van der Waals surface area contributed by atoms with Crippen LogP contribution in [0.1, 0.15) is 18.9 Å². The van der Waals surface area contributed by atoms with Crippen molar-refractivity contribution in [1.82, 2.24) is 4.98 Å². The van der Waals surface area contributed by atoms with Crippen molar-refractivity contribution < 1.29 is 9.53 Å². The average molecular weight is 288 g/mol. The Hall–Kier alpha value is -2.14. The molecule has 5 heteroatoms. The minimum Gasteiger partial charge on any atom is -0.494 e. The Bertz CT molecular complexity index is 562. The van der Waals surface area contributed by atoms with Crippen LogP contribution in [-0.2, 0) is 4.79 Å². The second-order valence-electron chi connectivity index (χ2n) is 4.08. The average Bonchev–Trinajstić information content (AvgIpc) is 2.97. The van der Waals surface area contributed by atoms with E-state index in [9.17, 15) is 4.79 Å². The number of amides is 1. The number of hydrogen-bond donors (Lipinski definition) is 1. The van der Waals surface area contributed by atoms with Gasteiger partial charge in [-0.15, -0.1) is 11.3 Å². The highest BCUT2D eigenvalue weighted by molar-refractivity contribution is 7.13. The van der Waals surface area contributed by atoms with Crippen molar-refractivity contribution in [2.75, 3.05) is 11.9 Å². The summed E-state index contributed by atoms with van der Waals surface area (Å²) in [4.78, 5) is 15.6. The van der Waals surface area contributed by atoms with Gasteiger partial charge >= 0.3 is 0 Å². The first kappa shape index (κ1) is 14.3. The number of rotatable bonds is 6. The lowest BCUT2D eigenvalue weighted by atomic mass is 10.2. The zero-order valence-electron chi connectivity index (χ0n) is 11.2. The summed E-state index contributed by atoms with van der Waals surface area (Å²) < 4.78 is 5.50. The third-order valence-corrected chi connectivity index (χ3v) is 3.13. The Morgan fingerprint density at radius 3 is 2.85 bits per heavy atom. The maximum atomic E-state index is 11.6. The summed E-state index contributed by atoms with van der Waals surface area (Å²) in [5, 5.41) is 5.10. The molecule has 1 aromatic carbocycles. The Balaban J connectivity index is 1.88. The molecule has 0 unspecified atom stereocenters. The van der Waals surface area contributed by atoms with E-state index in [-0.39, 0.29) is 5.91 Å². The van der Waals surface area contributed by atoms with Crippen LogP contribution in [0.3, 0.4) is 0 Å². The Kier molecular flexibility index (Phi) is 5.32. The number of anilines is 1. The summed E-state index contributed by atoms with van der Waals surface area (Å²) in [6.45, 7) is 2.78. The highest BCUT2D eigenvalue weighted by Gasteiger charge is 1.99. The fourth-order valence-corrected chi connectivity index (χ4v) is 2.03. The molecule has 0 bridgehead atoms. The molecule has 1 aromatic heterocycles. The summed E-state index contributed by atoms with van der Waals surface area (Å²) in [7, 11) is 0. The van der Waals surface area contributed by atoms with Gasteiger partial charge in [-0.2, -0.15) is 0 Å². The summed E-state index contributed by atoms with van der Waals surface area (Å²) in [6.07, 6.45) is 5.88. The van der Waals surface area contributed by atoms with E-state index in [0.717, 1.165) is 17.7 Å². The maximum Gasteiger partial charge on any atom is 0.250 e. The molecule has 0 aliphatic rings. The van der Waals surface area contributed by atoms with Gasteiger partial charge in [0.15, 0.2) is 5.13 Å². The van der Waals surface area contributed by atoms with Crippen molar-refractivity contribution in [3.05, 3.63) is 47.5 Å². The molecule has 1 heterocycles. The van der Waals surface area contributed by atoms with Gasteiger partial charge in [0.2, 0.25) is 5.91 Å². The number of carbonyl (C=O) groups excluding carboxylic acids is 1. The third-order valence-electron chi connectivity index (χ3n) is 2.44. The van der Waals surface area contributed by atoms with Gasteiger partial charge in [0, 0.05) is 17.7 Å². The second kappa shape index (κ2) is 7.45. The topological polar surface area (TPSA) is 51.2 Å². The van der Waals surface area contributed by atoms with Crippen LogP contribution in [0.5, 0.6) is 5.75 Å². The molecule has 1 amide bonds. The zero-order valence-corrected chi connectivity index (χ0v) is 12.0. The lowest BCUT2D eigenvalue weighted by Gasteiger charge is -2.03. The number of ether oxygens (including phenoxy) is 1. The first-order chi connectivity index (χ1) is 9.78. The second-order valence-corrected chi connectivity index (χ2v) is 4.97. The lowest BCUT2D eigenvalue weighted by Crippen LogP contribution is -2.06. The molecule has 0 saturated heterocycles. The molecule has 0 aliphatic heterocycles. The van der Waals surface area contributed by atoms with Crippen molar-refractivity contribution in [1.29, 1.82) is 0 Å². The molecule has 1 N–H and O–H groups in total. The molecule has 0 fully saturated rings. The van der Waals surface area contributed by atoms with Crippen molar-refractivity contribution in [3.63, 3.8) is 0 Å². The minimum absolute atomic E-state index is 0.189. The zero-order chi connectivity index (χ0) is 14.2. The van der Waals surface area contributed by atoms with Crippen LogP contribution in [0.25, 0.3) is 6.08 Å². The summed E-state index contributed by atoms with van der Waals surface area (Å²) >= 11 is 1.39. The molecular formula is C15H16N2O2S. The molecule has 0 atom stereocenters. The van der Waals surface area contributed by atoms with Crippen LogP contribution in [0.4, 0.5) is 5.13 Å². The minimum atomic E-state index is -0.189. The van der Waals surface area contributed by atoms with Crippen LogP contribution in [0, 0.1) is 0 Å². The molecule has 104 valence electrons. The Morgan fingerprint density at radius 2 is 2.20 bits per heavy atom. The van der Waals surface area contributed by atoms with Crippen molar-refractivity contribution in [2.45, 2.75) is 13.3 Å². The third kappa shape index (κ3) is 4.51. The van der Waals surface area contributed by atoms with Crippen LogP contribution < -0.4 is 10.1 Å². The summed E-state index contributed by atoms with van der Waals surface area (Å²) in [5.41, 5.74) is 0.947. The number of carbonyl (C=O) groups is 1. The largest absolute Gasteiger partial charge is 0.494 e. The predicted molar refractivity (Wildman–Crippen MR) is 82.0 cm³/mol. The Morgan fingerprint density at radius 1 is 1.40 bits per heavy atom. The van der Waals surface area contributed by atoms with Crippen molar-refractivity contribution in [2.24, 2.45) is 0 Å². The number of hydrogen-bond acceptors (Lipinski definition) is 4. The van der Waals surface area contributed by atoms with Gasteiger partial charge in [-0.05, 0) is 30.2 Å². The van der Waals surface area contributed by atoms with E-state index in [1.807, 2.05) is 29.6 Å². The highest BCUT2D eigenvalue weighted by Crippen LogP contribution is 2.14. The number of thiazole rings is 1. The van der Waals surface area contributed by atoms with E-state index in [1.54, 1.807) is 12.3 Å². The van der Waals surface area contributed by atoms with E-state index in [0.29, 0.717) is 11.7 Å². The van der Waals surface area contributed by atoms with Gasteiger partial charge in [-0.3, -0.25) is 10.1 Å². The molecule has 2 aromatic rings. The monoisotopic (exact) mass is 288 g/mol. The van der Waals surface area contributed by atoms with E-state index in [1.165, 1.54) is 17.4 Å². The number of benzene rings is 1. The van der Waals surface area contributed by atoms with E-state index in [4.69, 9.17) is 4.74 Å². The van der Waals surface area contributed by atoms with Crippen LogP contribution in [-0.4, -0.2) is 17.5 Å². The standard InChI is InChI=1S/C15H16N2O2S/c1-2-10-19-13-6-3-12(4-7-13)5-8-14(18)17-15-16-9-11-20-15/h3-9,11H,2,10H2,1H3,(H,16,17,18)/b8-5+. The summed E-state index contributed by atoms with van der Waals surface area (Å²) in [5.74, 6) is 0.655. The normalized spacial score (nSPS) is 10.7. The molecule has 0 spiro atoms. The molecule has 0 aliphatic carbocycles. The smallest absolute Gasteiger partial charge is 0.250 e. The molecule has 0 saturated carbocycles. The van der Waals surface area contributed by atoms with Crippen molar-refractivity contribution >= 4 is 28.5 Å². The first-order valence-electron chi connectivity index (χ1n) is 6.39. The predicted octanol–water partition coefficient (Wildman–Crippen LogP) is 3.58. The highest BCUT2D eigenvalue weighted by atomic mass is 32.1. The van der Waals surface area contributed by atoms with Gasteiger partial charge in [-0.25, -0.2) is 4.98 Å². The van der Waals surface area contributed by atoms with Crippen LogP contribution in [0.15, 0.2) is 41.9 Å². The number of nitrogens with one attached hydrogen (secondary N) is 1. The quantitative estimate of drug-likeness (QED) is 0.826. The van der Waals surface area contributed by atoms with E-state index in [2.05, 4.69) is 17.2 Å². The molecule has 4 nitrogen and oxygen atoms in total. The number of aromatic nitrogens is 1.